The Morgan fingerprint density at radius 3 is 2.52 bits per heavy atom. The second-order valence-electron chi connectivity index (χ2n) is 6.88. The van der Waals surface area contributed by atoms with Gasteiger partial charge in [0.2, 0.25) is 0 Å². The van der Waals surface area contributed by atoms with Crippen molar-refractivity contribution >= 4 is 23.1 Å². The van der Waals surface area contributed by atoms with Gasteiger partial charge < -0.3 is 25.3 Å². The van der Waals surface area contributed by atoms with Gasteiger partial charge in [-0.15, -0.1) is 0 Å². The third kappa shape index (κ3) is 6.75. The number of hydrogen-bond donors (Lipinski definition) is 2. The third-order valence-corrected chi connectivity index (χ3v) is 4.81. The van der Waals surface area contributed by atoms with Crippen LogP contribution in [0.25, 0.3) is 0 Å². The van der Waals surface area contributed by atoms with Crippen molar-refractivity contribution in [3.8, 4) is 11.5 Å². The number of methoxy groups -OCH3 is 1. The smallest absolute Gasteiger partial charge is 0.161 e. The van der Waals surface area contributed by atoms with E-state index in [-0.39, 0.29) is 0 Å². The van der Waals surface area contributed by atoms with Crippen LogP contribution in [-0.2, 0) is 11.3 Å². The Balaban J connectivity index is 0.000000941. The molecule has 1 aliphatic heterocycles. The number of thioether (sulfide) groups is 1. The maximum absolute atomic E-state index is 6.45. The number of benzene rings is 2. The minimum Gasteiger partial charge on any atom is -0.493 e. The first-order chi connectivity index (χ1) is 14.1. The monoisotopic (exact) mass is 418 g/mol. The molecule has 2 aromatic rings. The quantitative estimate of drug-likeness (QED) is 0.605. The fraction of sp³-hybridized carbons (Fsp3) is 0.478. The summed E-state index contributed by atoms with van der Waals surface area (Å²) in [4.78, 5) is 0. The van der Waals surface area contributed by atoms with Crippen LogP contribution >= 0.6 is 11.8 Å². The van der Waals surface area contributed by atoms with Gasteiger partial charge in [-0.25, -0.2) is 0 Å². The zero-order chi connectivity index (χ0) is 21.1. The summed E-state index contributed by atoms with van der Waals surface area (Å²) in [6, 6.07) is 12.2. The molecule has 1 aliphatic rings. The van der Waals surface area contributed by atoms with Gasteiger partial charge in [0, 0.05) is 19.8 Å². The van der Waals surface area contributed by atoms with Crippen molar-refractivity contribution in [2.24, 2.45) is 0 Å². The lowest BCUT2D eigenvalue weighted by molar-refractivity contribution is 0.0855. The molecule has 6 heteroatoms. The lowest BCUT2D eigenvalue weighted by Crippen LogP contribution is -2.16. The van der Waals surface area contributed by atoms with E-state index in [0.717, 1.165) is 54.5 Å². The van der Waals surface area contributed by atoms with Gasteiger partial charge in [0.25, 0.3) is 0 Å². The molecule has 3 rings (SSSR count). The molecule has 3 N–H and O–H groups in total. The van der Waals surface area contributed by atoms with Crippen molar-refractivity contribution in [1.82, 2.24) is 0 Å². The molecule has 1 fully saturated rings. The molecule has 2 aromatic carbocycles. The highest BCUT2D eigenvalue weighted by Gasteiger charge is 2.19. The molecule has 0 amide bonds. The summed E-state index contributed by atoms with van der Waals surface area (Å²) < 4.78 is 16.5. The van der Waals surface area contributed by atoms with E-state index in [0.29, 0.717) is 19.1 Å². The zero-order valence-corrected chi connectivity index (χ0v) is 18.8. The van der Waals surface area contributed by atoms with E-state index in [1.54, 1.807) is 18.9 Å². The van der Waals surface area contributed by atoms with E-state index in [1.165, 1.54) is 5.56 Å². The SMILES string of the molecule is CCOc1cc(CNc2cccc(C3CCOCC3)c2N)ccc1OC.CSC. The van der Waals surface area contributed by atoms with Crippen LogP contribution in [-0.4, -0.2) is 39.4 Å². The number of nitrogen functional groups attached to an aromatic ring is 1. The molecule has 160 valence electrons. The van der Waals surface area contributed by atoms with E-state index < -0.39 is 0 Å². The Morgan fingerprint density at radius 1 is 1.14 bits per heavy atom. The maximum atomic E-state index is 6.45. The van der Waals surface area contributed by atoms with Crippen molar-refractivity contribution in [3.63, 3.8) is 0 Å². The lowest BCUT2D eigenvalue weighted by atomic mass is 9.90. The van der Waals surface area contributed by atoms with E-state index in [9.17, 15) is 0 Å². The number of para-hydroxylation sites is 1. The van der Waals surface area contributed by atoms with Crippen molar-refractivity contribution in [3.05, 3.63) is 47.5 Å². The minimum atomic E-state index is 0.482. The number of nitrogens with two attached hydrogens (primary N) is 1. The molecule has 0 spiro atoms. The van der Waals surface area contributed by atoms with Crippen LogP contribution in [0.1, 0.15) is 36.8 Å². The average Bonchev–Trinajstić information content (AvgIpc) is 2.75. The second kappa shape index (κ2) is 12.5. The van der Waals surface area contributed by atoms with Crippen molar-refractivity contribution in [1.29, 1.82) is 0 Å². The Kier molecular flexibility index (Phi) is 10.0. The number of ether oxygens (including phenoxy) is 3. The van der Waals surface area contributed by atoms with Gasteiger partial charge >= 0.3 is 0 Å². The molecule has 5 nitrogen and oxygen atoms in total. The normalized spacial score (nSPS) is 13.9. The standard InChI is InChI=1S/C21H28N2O3.C2H6S/c1-3-26-20-13-15(7-8-19(20)24-2)14-23-18-6-4-5-17(21(18)22)16-9-11-25-12-10-16;1-3-2/h4-8,13,16,23H,3,9-12,14,22H2,1-2H3;1-2H3. The molecule has 1 saturated heterocycles. The number of nitrogens with one attached hydrogen (secondary N) is 1. The van der Waals surface area contributed by atoms with Crippen LogP contribution in [0.3, 0.4) is 0 Å². The molecule has 1 heterocycles. The van der Waals surface area contributed by atoms with Gasteiger partial charge in [0.05, 0.1) is 25.1 Å². The van der Waals surface area contributed by atoms with Crippen LogP contribution in [0.5, 0.6) is 11.5 Å². The van der Waals surface area contributed by atoms with Crippen LogP contribution < -0.4 is 20.5 Å². The van der Waals surface area contributed by atoms with Gasteiger partial charge in [0.15, 0.2) is 11.5 Å². The molecule has 0 saturated carbocycles. The molecule has 29 heavy (non-hydrogen) atoms. The first kappa shape index (κ1) is 23.2. The summed E-state index contributed by atoms with van der Waals surface area (Å²) >= 11 is 1.75. The molecule has 0 bridgehead atoms. The lowest BCUT2D eigenvalue weighted by Gasteiger charge is -2.24. The van der Waals surface area contributed by atoms with E-state index in [4.69, 9.17) is 19.9 Å². The van der Waals surface area contributed by atoms with Crippen LogP contribution in [0.2, 0.25) is 0 Å². The predicted octanol–water partition coefficient (Wildman–Crippen LogP) is 5.16. The van der Waals surface area contributed by atoms with Gasteiger partial charge in [-0.2, -0.15) is 11.8 Å². The van der Waals surface area contributed by atoms with Crippen LogP contribution in [0, 0.1) is 0 Å². The summed E-state index contributed by atoms with van der Waals surface area (Å²) in [7, 11) is 1.65. The van der Waals surface area contributed by atoms with E-state index in [1.807, 2.05) is 43.7 Å². The first-order valence-electron chi connectivity index (χ1n) is 10.0. The van der Waals surface area contributed by atoms with E-state index in [2.05, 4.69) is 17.4 Å². The zero-order valence-electron chi connectivity index (χ0n) is 18.0. The average molecular weight is 419 g/mol. The summed E-state index contributed by atoms with van der Waals surface area (Å²) in [6.45, 7) is 4.87. The second-order valence-corrected chi connectivity index (χ2v) is 7.69. The van der Waals surface area contributed by atoms with Crippen molar-refractivity contribution < 1.29 is 14.2 Å². The van der Waals surface area contributed by atoms with Gasteiger partial charge in [0.1, 0.15) is 0 Å². The molecule has 0 unspecified atom stereocenters. The third-order valence-electron chi connectivity index (χ3n) is 4.81. The van der Waals surface area contributed by atoms with Crippen molar-refractivity contribution in [2.45, 2.75) is 32.2 Å². The Labute approximate surface area is 179 Å². The Bertz CT molecular complexity index is 749. The fourth-order valence-corrected chi connectivity index (χ4v) is 3.40. The van der Waals surface area contributed by atoms with Gasteiger partial charge in [-0.3, -0.25) is 0 Å². The summed E-state index contributed by atoms with van der Waals surface area (Å²) in [5, 5.41) is 3.46. The molecule has 0 radical (unpaired) electrons. The predicted molar refractivity (Wildman–Crippen MR) is 125 cm³/mol. The molecule has 0 atom stereocenters. The maximum Gasteiger partial charge on any atom is 0.161 e. The number of hydrogen-bond acceptors (Lipinski definition) is 6. The van der Waals surface area contributed by atoms with Gasteiger partial charge in [-0.05, 0) is 67.5 Å². The minimum absolute atomic E-state index is 0.482. The molecular weight excluding hydrogens is 384 g/mol. The number of anilines is 2. The Morgan fingerprint density at radius 2 is 1.86 bits per heavy atom. The topological polar surface area (TPSA) is 65.7 Å². The van der Waals surface area contributed by atoms with Crippen LogP contribution in [0.4, 0.5) is 11.4 Å². The molecular formula is C23H34N2O3S. The highest BCUT2D eigenvalue weighted by atomic mass is 32.2. The van der Waals surface area contributed by atoms with Gasteiger partial charge in [-0.1, -0.05) is 18.2 Å². The van der Waals surface area contributed by atoms with Crippen molar-refractivity contribution in [2.75, 3.05) is 50.5 Å². The first-order valence-corrected chi connectivity index (χ1v) is 11.7. The highest BCUT2D eigenvalue weighted by Crippen LogP contribution is 2.35. The Hall–Kier alpha value is -2.05. The summed E-state index contributed by atoms with van der Waals surface area (Å²) in [5.41, 5.74) is 10.6. The summed E-state index contributed by atoms with van der Waals surface area (Å²) in [5.74, 6) is 1.99. The molecule has 0 aromatic heterocycles. The fourth-order valence-electron chi connectivity index (χ4n) is 3.40. The molecule has 0 aliphatic carbocycles. The van der Waals surface area contributed by atoms with E-state index >= 15 is 0 Å². The number of rotatable bonds is 7. The highest BCUT2D eigenvalue weighted by molar-refractivity contribution is 7.97. The largest absolute Gasteiger partial charge is 0.493 e. The van der Waals surface area contributed by atoms with Crippen LogP contribution in [0.15, 0.2) is 36.4 Å². The summed E-state index contributed by atoms with van der Waals surface area (Å²) in [6.07, 6.45) is 6.15.